The summed E-state index contributed by atoms with van der Waals surface area (Å²) in [5, 5.41) is 45.1. The van der Waals surface area contributed by atoms with Gasteiger partial charge in [0.1, 0.15) is 48.3 Å². The molecule has 0 unspecified atom stereocenters. The Hall–Kier alpha value is -7.45. The molecule has 382 valence electrons. The molecule has 1 fully saturated rings. The molecule has 17 N–H and O–H groups in total. The Morgan fingerprint density at radius 2 is 1.31 bits per heavy atom. The first-order valence-electron chi connectivity index (χ1n) is 22.7. The fraction of sp³-hybridized carbons (Fsp3) is 0.523. The number of H-pyrrole nitrogens is 2. The lowest BCUT2D eigenvalue weighted by Crippen LogP contribution is -2.61. The molecule has 26 heteroatoms. The fourth-order valence-corrected chi connectivity index (χ4v) is 7.57. The summed E-state index contributed by atoms with van der Waals surface area (Å²) in [5.41, 5.74) is 17.8. The average Bonchev–Trinajstić information content (AvgIpc) is 4.14. The highest BCUT2D eigenvalue weighted by molar-refractivity contribution is 5.98. The van der Waals surface area contributed by atoms with Crippen LogP contribution in [-0.4, -0.2) is 168 Å². The number of rotatable bonds is 27. The van der Waals surface area contributed by atoms with Gasteiger partial charge in [0, 0.05) is 56.1 Å². The molecule has 3 heterocycles. The number of nitrogens with zero attached hydrogens (tertiary/aromatic N) is 4. The third kappa shape index (κ3) is 16.7. The number of aliphatic carboxylic acids is 1. The average molecular weight is 980 g/mol. The van der Waals surface area contributed by atoms with Crippen molar-refractivity contribution in [3.8, 4) is 0 Å². The Morgan fingerprint density at radius 3 is 1.87 bits per heavy atom. The van der Waals surface area contributed by atoms with Gasteiger partial charge in [-0.3, -0.25) is 38.6 Å². The van der Waals surface area contributed by atoms with E-state index in [0.29, 0.717) is 23.4 Å². The number of carbonyl (C=O) groups excluding carboxylic acids is 7. The largest absolute Gasteiger partial charge is 0.480 e. The SMILES string of the molecule is CC(C)[C@H](NC(=O)[C@H](Cc1ccccc1)NC(=O)[C@H](Cc1cnc[nH]1)NC(=O)[C@@H]1CCCN1C(=O)[C@H](Cc1cnc[nH]1)NC(=O)[C@@H](NC(=O)[C@@H](N)CO)[C@@H](C)O)C(=O)N[C@@H](CCCN=C(N)N)C(=O)O. The molecule has 1 aromatic carbocycles. The van der Waals surface area contributed by atoms with Crippen molar-refractivity contribution in [1.82, 2.24) is 56.7 Å². The number of aliphatic hydroxyl groups is 2. The van der Waals surface area contributed by atoms with Crippen LogP contribution in [0.25, 0.3) is 0 Å². The van der Waals surface area contributed by atoms with Crippen molar-refractivity contribution in [3.05, 3.63) is 72.3 Å². The van der Waals surface area contributed by atoms with E-state index in [0.717, 1.165) is 0 Å². The number of amides is 7. The maximum atomic E-state index is 14.4. The molecule has 0 radical (unpaired) electrons. The van der Waals surface area contributed by atoms with E-state index in [-0.39, 0.29) is 57.6 Å². The van der Waals surface area contributed by atoms with Crippen molar-refractivity contribution in [2.75, 3.05) is 19.7 Å². The Labute approximate surface area is 403 Å². The van der Waals surface area contributed by atoms with Gasteiger partial charge in [0.05, 0.1) is 25.4 Å². The van der Waals surface area contributed by atoms with Crippen LogP contribution in [0, 0.1) is 5.92 Å². The number of aliphatic hydroxyl groups excluding tert-OH is 2. The molecule has 4 rings (SSSR count). The van der Waals surface area contributed by atoms with Crippen molar-refractivity contribution in [3.63, 3.8) is 0 Å². The zero-order chi connectivity index (χ0) is 51.5. The summed E-state index contributed by atoms with van der Waals surface area (Å²) in [6.45, 7) is 3.98. The first-order valence-corrected chi connectivity index (χ1v) is 22.7. The molecule has 1 saturated heterocycles. The zero-order valence-electron chi connectivity index (χ0n) is 39.2. The highest BCUT2D eigenvalue weighted by Crippen LogP contribution is 2.21. The van der Waals surface area contributed by atoms with Crippen molar-refractivity contribution in [2.45, 2.75) is 120 Å². The maximum absolute atomic E-state index is 14.4. The number of benzene rings is 1. The second-order valence-corrected chi connectivity index (χ2v) is 17.2. The predicted octanol–water partition coefficient (Wildman–Crippen LogP) is -4.44. The predicted molar refractivity (Wildman–Crippen MR) is 250 cm³/mol. The van der Waals surface area contributed by atoms with Gasteiger partial charge in [0.15, 0.2) is 5.96 Å². The molecule has 70 heavy (non-hydrogen) atoms. The molecule has 3 aromatic rings. The van der Waals surface area contributed by atoms with Gasteiger partial charge in [0.2, 0.25) is 41.4 Å². The summed E-state index contributed by atoms with van der Waals surface area (Å²) in [6.07, 6.45) is 4.47. The first kappa shape index (κ1) is 55.1. The molecular formula is C44H65N15O11. The van der Waals surface area contributed by atoms with Crippen LogP contribution in [0.4, 0.5) is 0 Å². The maximum Gasteiger partial charge on any atom is 0.326 e. The van der Waals surface area contributed by atoms with Gasteiger partial charge in [-0.2, -0.15) is 0 Å². The van der Waals surface area contributed by atoms with E-state index in [1.165, 1.54) is 36.9 Å². The van der Waals surface area contributed by atoms with Gasteiger partial charge >= 0.3 is 5.97 Å². The van der Waals surface area contributed by atoms with Crippen molar-refractivity contribution in [2.24, 2.45) is 28.1 Å². The van der Waals surface area contributed by atoms with Crippen LogP contribution in [0.2, 0.25) is 0 Å². The summed E-state index contributed by atoms with van der Waals surface area (Å²) in [6, 6.07) is -2.15. The highest BCUT2D eigenvalue weighted by atomic mass is 16.4. The minimum Gasteiger partial charge on any atom is -0.480 e. The van der Waals surface area contributed by atoms with E-state index in [1.54, 1.807) is 44.2 Å². The number of carbonyl (C=O) groups is 8. The molecule has 1 aliphatic rings. The molecule has 9 atom stereocenters. The van der Waals surface area contributed by atoms with E-state index in [4.69, 9.17) is 17.2 Å². The zero-order valence-corrected chi connectivity index (χ0v) is 39.2. The number of imidazole rings is 2. The van der Waals surface area contributed by atoms with Gasteiger partial charge in [-0.1, -0.05) is 44.2 Å². The van der Waals surface area contributed by atoms with Gasteiger partial charge < -0.3 is 79.3 Å². The number of nitrogens with one attached hydrogen (secondary N) is 8. The summed E-state index contributed by atoms with van der Waals surface area (Å²) in [4.78, 5) is 128. The summed E-state index contributed by atoms with van der Waals surface area (Å²) < 4.78 is 0. The number of hydrogen-bond donors (Lipinski definition) is 14. The number of aliphatic imine (C=N–C) groups is 1. The molecular weight excluding hydrogens is 915 g/mol. The molecule has 1 aliphatic heterocycles. The quantitative estimate of drug-likeness (QED) is 0.0195. The lowest BCUT2D eigenvalue weighted by Gasteiger charge is -2.31. The normalized spacial score (nSPS) is 16.8. The topological polar surface area (TPSA) is 420 Å². The van der Waals surface area contributed by atoms with Crippen LogP contribution in [0.3, 0.4) is 0 Å². The number of hydrogen-bond acceptors (Lipinski definition) is 14. The number of aromatic nitrogens is 4. The van der Waals surface area contributed by atoms with Gasteiger partial charge in [-0.05, 0) is 44.1 Å². The number of carboxylic acid groups (broad SMARTS) is 1. The van der Waals surface area contributed by atoms with E-state index >= 15 is 0 Å². The number of aromatic amines is 2. The molecule has 0 bridgehead atoms. The fourth-order valence-electron chi connectivity index (χ4n) is 7.57. The van der Waals surface area contributed by atoms with Gasteiger partial charge in [-0.25, -0.2) is 14.8 Å². The summed E-state index contributed by atoms with van der Waals surface area (Å²) in [5.74, 6) is -7.77. The molecule has 0 saturated carbocycles. The Kier molecular flexibility index (Phi) is 21.2. The number of nitrogens with two attached hydrogens (primary N) is 3. The number of likely N-dealkylation sites (tertiary alicyclic amines) is 1. The number of carboxylic acids is 1. The number of guanidine groups is 1. The van der Waals surface area contributed by atoms with Crippen LogP contribution in [-0.2, 0) is 57.6 Å². The minimum absolute atomic E-state index is 0.0180. The lowest BCUT2D eigenvalue weighted by atomic mass is 9.99. The standard InChI is InChI=1S/C44H65N15O11/c1-23(2)34(40(66)53-29(43(69)70)11-7-13-50-44(46)47)57-38(64)30(15-25-9-5-4-6-10-25)54-37(63)31(16-26-18-48-21-51-26)55-39(65)33-12-8-14-59(33)42(68)32(17-27-19-49-22-52-27)56-41(67)35(24(3)61)58-36(62)28(45)20-60/h4-6,9-10,18-19,21-24,28-35,60-61H,7-8,11-17,20,45H2,1-3H3,(H,48,51)(H,49,52)(H,53,66)(H,54,63)(H,55,65)(H,56,67)(H,57,64)(H,58,62)(H,69,70)(H4,46,47,50)/t24-,28+,29+,30+,31+,32+,33+,34+,35+/m1/s1. The minimum atomic E-state index is -1.59. The molecule has 2 aromatic heterocycles. The second kappa shape index (κ2) is 26.9. The van der Waals surface area contributed by atoms with E-state index in [1.807, 2.05) is 0 Å². The van der Waals surface area contributed by atoms with Crippen molar-refractivity contribution < 1.29 is 53.7 Å². The third-order valence-corrected chi connectivity index (χ3v) is 11.4. The van der Waals surface area contributed by atoms with Crippen molar-refractivity contribution in [1.29, 1.82) is 0 Å². The highest BCUT2D eigenvalue weighted by Gasteiger charge is 2.41. The van der Waals surface area contributed by atoms with Crippen LogP contribution in [0.5, 0.6) is 0 Å². The molecule has 26 nitrogen and oxygen atoms in total. The summed E-state index contributed by atoms with van der Waals surface area (Å²) >= 11 is 0. The van der Waals surface area contributed by atoms with E-state index < -0.39 is 114 Å². The van der Waals surface area contributed by atoms with E-state index in [9.17, 15) is 53.7 Å². The van der Waals surface area contributed by atoms with Gasteiger partial charge in [0.25, 0.3) is 0 Å². The second-order valence-electron chi connectivity index (χ2n) is 17.2. The molecule has 7 amide bonds. The van der Waals surface area contributed by atoms with E-state index in [2.05, 4.69) is 56.8 Å². The Bertz CT molecular complexity index is 2240. The smallest absolute Gasteiger partial charge is 0.326 e. The van der Waals surface area contributed by atoms with Crippen molar-refractivity contribution >= 4 is 53.3 Å². The Morgan fingerprint density at radius 1 is 0.757 bits per heavy atom. The van der Waals surface area contributed by atoms with Gasteiger partial charge in [-0.15, -0.1) is 0 Å². The van der Waals surface area contributed by atoms with Crippen LogP contribution in [0.1, 0.15) is 63.4 Å². The molecule has 0 aliphatic carbocycles. The summed E-state index contributed by atoms with van der Waals surface area (Å²) in [7, 11) is 0. The Balaban J connectivity index is 1.57. The lowest BCUT2D eigenvalue weighted by molar-refractivity contribution is -0.143. The van der Waals surface area contributed by atoms with Crippen LogP contribution >= 0.6 is 0 Å². The first-order chi connectivity index (χ1) is 33.3. The molecule has 0 spiro atoms. The van der Waals surface area contributed by atoms with Crippen LogP contribution < -0.4 is 49.1 Å². The monoisotopic (exact) mass is 979 g/mol. The van der Waals surface area contributed by atoms with Crippen LogP contribution in [0.15, 0.2) is 60.4 Å². The third-order valence-electron chi connectivity index (χ3n) is 11.4.